The Morgan fingerprint density at radius 1 is 1.00 bits per heavy atom. The summed E-state index contributed by atoms with van der Waals surface area (Å²) in [5, 5.41) is 10.1. The molecule has 5 rings (SSSR count). The van der Waals surface area contributed by atoms with E-state index in [-0.39, 0.29) is 23.0 Å². The first kappa shape index (κ1) is 19.8. The second kappa shape index (κ2) is 8.15. The first-order chi connectivity index (χ1) is 15.1. The summed E-state index contributed by atoms with van der Waals surface area (Å²) in [5.41, 5.74) is 4.15. The summed E-state index contributed by atoms with van der Waals surface area (Å²) >= 11 is 1.67. The smallest absolute Gasteiger partial charge is 0.310 e. The zero-order valence-corrected chi connectivity index (χ0v) is 17.4. The fourth-order valence-corrected chi connectivity index (χ4v) is 5.22. The Morgan fingerprint density at radius 2 is 1.68 bits per heavy atom. The normalized spacial score (nSPS) is 20.9. The summed E-state index contributed by atoms with van der Waals surface area (Å²) in [6.45, 7) is 0.994. The van der Waals surface area contributed by atoms with Gasteiger partial charge in [0, 0.05) is 25.5 Å². The van der Waals surface area contributed by atoms with Crippen molar-refractivity contribution in [3.8, 4) is 11.1 Å². The number of thioether (sulfide) groups is 1. The Balaban J connectivity index is 1.42. The van der Waals surface area contributed by atoms with Gasteiger partial charge < -0.3 is 10.0 Å². The van der Waals surface area contributed by atoms with E-state index >= 15 is 0 Å². The minimum Gasteiger partial charge on any atom is -0.481 e. The standard InChI is InChI=1S/C24H20FN3O2S/c25-20-9-7-16(8-10-20)15-3-5-17(6-4-15)21-22(18-2-1-11-26-12-18)31-24(27-21)28-13-19(14-28)23(29)30/h1-12,19,21-22H,13-14H2,(H,29,30). The van der Waals surface area contributed by atoms with E-state index in [0.29, 0.717) is 13.1 Å². The summed E-state index contributed by atoms with van der Waals surface area (Å²) in [6.07, 6.45) is 3.62. The molecule has 2 unspecified atom stereocenters. The van der Waals surface area contributed by atoms with Crippen molar-refractivity contribution in [1.82, 2.24) is 9.88 Å². The molecule has 0 amide bonds. The second-order valence-corrected chi connectivity index (χ2v) is 8.86. The molecule has 3 aromatic rings. The summed E-state index contributed by atoms with van der Waals surface area (Å²) in [6, 6.07) is 18.6. The number of carboxylic acid groups (broad SMARTS) is 1. The number of nitrogens with zero attached hydrogens (tertiary/aromatic N) is 3. The van der Waals surface area contributed by atoms with Crippen LogP contribution in [0.2, 0.25) is 0 Å². The average molecular weight is 434 g/mol. The van der Waals surface area contributed by atoms with Crippen molar-refractivity contribution in [3.05, 3.63) is 90.0 Å². The Bertz CT molecular complexity index is 1110. The monoisotopic (exact) mass is 433 g/mol. The predicted molar refractivity (Wildman–Crippen MR) is 119 cm³/mol. The van der Waals surface area contributed by atoms with Crippen molar-refractivity contribution < 1.29 is 14.3 Å². The molecular weight excluding hydrogens is 413 g/mol. The fourth-order valence-electron chi connectivity index (χ4n) is 3.90. The molecule has 1 saturated heterocycles. The lowest BCUT2D eigenvalue weighted by molar-refractivity contribution is -0.145. The van der Waals surface area contributed by atoms with E-state index in [1.807, 2.05) is 29.3 Å². The molecular formula is C24H20FN3O2S. The zero-order chi connectivity index (χ0) is 21.4. The highest BCUT2D eigenvalue weighted by Crippen LogP contribution is 2.49. The topological polar surface area (TPSA) is 65.8 Å². The minimum atomic E-state index is -0.753. The van der Waals surface area contributed by atoms with Crippen molar-refractivity contribution >= 4 is 22.9 Å². The predicted octanol–water partition coefficient (Wildman–Crippen LogP) is 4.79. The zero-order valence-electron chi connectivity index (χ0n) is 16.6. The van der Waals surface area contributed by atoms with Gasteiger partial charge in [-0.2, -0.15) is 0 Å². The van der Waals surface area contributed by atoms with Crippen LogP contribution >= 0.6 is 11.8 Å². The van der Waals surface area contributed by atoms with Crippen molar-refractivity contribution in [1.29, 1.82) is 0 Å². The Labute approximate surface area is 183 Å². The number of aliphatic carboxylic acids is 1. The maximum Gasteiger partial charge on any atom is 0.310 e. The molecule has 5 nitrogen and oxygen atoms in total. The number of pyridine rings is 1. The third kappa shape index (κ3) is 3.93. The molecule has 0 bridgehead atoms. The number of hydrogen-bond acceptors (Lipinski definition) is 5. The number of aliphatic imine (C=N–C) groups is 1. The molecule has 0 spiro atoms. The summed E-state index contributed by atoms with van der Waals surface area (Å²) < 4.78 is 13.2. The van der Waals surface area contributed by atoms with Crippen LogP contribution in [0.1, 0.15) is 22.4 Å². The van der Waals surface area contributed by atoms with Crippen LogP contribution < -0.4 is 0 Å². The Hall–Kier alpha value is -3.19. The fraction of sp³-hybridized carbons (Fsp3) is 0.208. The largest absolute Gasteiger partial charge is 0.481 e. The van der Waals surface area contributed by atoms with Crippen molar-refractivity contribution in [3.63, 3.8) is 0 Å². The van der Waals surface area contributed by atoms with Crippen LogP contribution in [0.15, 0.2) is 78.0 Å². The number of rotatable bonds is 4. The molecule has 7 heteroatoms. The third-order valence-corrected chi connectivity index (χ3v) is 7.07. The Morgan fingerprint density at radius 3 is 2.29 bits per heavy atom. The first-order valence-corrected chi connectivity index (χ1v) is 10.9. The molecule has 0 saturated carbocycles. The second-order valence-electron chi connectivity index (χ2n) is 7.75. The number of likely N-dealkylation sites (tertiary alicyclic amines) is 1. The van der Waals surface area contributed by atoms with Crippen LogP contribution in [0, 0.1) is 11.7 Å². The first-order valence-electron chi connectivity index (χ1n) is 10.1. The maximum absolute atomic E-state index is 13.2. The van der Waals surface area contributed by atoms with Gasteiger partial charge in [-0.1, -0.05) is 54.2 Å². The van der Waals surface area contributed by atoms with Crippen molar-refractivity contribution in [2.75, 3.05) is 13.1 Å². The van der Waals surface area contributed by atoms with E-state index in [2.05, 4.69) is 23.2 Å². The van der Waals surface area contributed by atoms with Gasteiger partial charge >= 0.3 is 5.97 Å². The molecule has 31 heavy (non-hydrogen) atoms. The van der Waals surface area contributed by atoms with Crippen molar-refractivity contribution in [2.45, 2.75) is 11.3 Å². The SMILES string of the molecule is O=C(O)C1CN(C2=NC(c3ccc(-c4ccc(F)cc4)cc3)C(c3cccnc3)S2)C1. The number of benzene rings is 2. The highest BCUT2D eigenvalue weighted by molar-refractivity contribution is 8.14. The van der Waals surface area contributed by atoms with Crippen LogP contribution in [0.5, 0.6) is 0 Å². The number of halogens is 1. The lowest BCUT2D eigenvalue weighted by Crippen LogP contribution is -2.51. The third-order valence-electron chi connectivity index (χ3n) is 5.71. The maximum atomic E-state index is 13.2. The van der Waals surface area contributed by atoms with Gasteiger partial charge in [0.05, 0.1) is 17.2 Å². The lowest BCUT2D eigenvalue weighted by Gasteiger charge is -2.37. The molecule has 2 atom stereocenters. The van der Waals surface area contributed by atoms with Gasteiger partial charge in [0.1, 0.15) is 5.82 Å². The average Bonchev–Trinajstić information content (AvgIpc) is 3.19. The number of hydrogen-bond donors (Lipinski definition) is 1. The van der Waals surface area contributed by atoms with Gasteiger partial charge in [-0.15, -0.1) is 0 Å². The molecule has 0 aliphatic carbocycles. The summed E-state index contributed by atoms with van der Waals surface area (Å²) in [5.74, 6) is -1.33. The molecule has 1 N–H and O–H groups in total. The van der Waals surface area contributed by atoms with E-state index in [1.165, 1.54) is 12.1 Å². The summed E-state index contributed by atoms with van der Waals surface area (Å²) in [7, 11) is 0. The molecule has 1 fully saturated rings. The van der Waals surface area contributed by atoms with Gasteiger partial charge in [0.15, 0.2) is 5.17 Å². The number of carboxylic acids is 1. The van der Waals surface area contributed by atoms with Gasteiger partial charge in [0.2, 0.25) is 0 Å². The molecule has 1 aromatic heterocycles. The Kier molecular flexibility index (Phi) is 5.19. The highest BCUT2D eigenvalue weighted by Gasteiger charge is 2.41. The van der Waals surface area contributed by atoms with Gasteiger partial charge in [-0.3, -0.25) is 14.8 Å². The van der Waals surface area contributed by atoms with E-state index in [9.17, 15) is 14.3 Å². The highest BCUT2D eigenvalue weighted by atomic mass is 32.2. The molecule has 2 aromatic carbocycles. The van der Waals surface area contributed by atoms with Crippen LogP contribution in [-0.2, 0) is 4.79 Å². The molecule has 2 aliphatic heterocycles. The van der Waals surface area contributed by atoms with E-state index < -0.39 is 5.97 Å². The van der Waals surface area contributed by atoms with Gasteiger partial charge in [-0.25, -0.2) is 4.39 Å². The number of amidine groups is 1. The minimum absolute atomic E-state index is 0.0734. The van der Waals surface area contributed by atoms with Crippen LogP contribution in [-0.4, -0.2) is 39.2 Å². The van der Waals surface area contributed by atoms with E-state index in [4.69, 9.17) is 4.99 Å². The molecule has 156 valence electrons. The van der Waals surface area contributed by atoms with E-state index in [1.54, 1.807) is 30.1 Å². The van der Waals surface area contributed by atoms with Gasteiger partial charge in [-0.05, 0) is 40.5 Å². The molecule has 0 radical (unpaired) electrons. The van der Waals surface area contributed by atoms with Crippen molar-refractivity contribution in [2.24, 2.45) is 10.9 Å². The van der Waals surface area contributed by atoms with Gasteiger partial charge in [0.25, 0.3) is 0 Å². The van der Waals surface area contributed by atoms with Crippen LogP contribution in [0.3, 0.4) is 0 Å². The molecule has 2 aliphatic rings. The van der Waals surface area contributed by atoms with E-state index in [0.717, 1.165) is 27.4 Å². The number of aromatic nitrogens is 1. The quantitative estimate of drug-likeness (QED) is 0.641. The van der Waals surface area contributed by atoms with Crippen LogP contribution in [0.4, 0.5) is 4.39 Å². The number of carbonyl (C=O) groups is 1. The summed E-state index contributed by atoms with van der Waals surface area (Å²) in [4.78, 5) is 22.5. The van der Waals surface area contributed by atoms with Crippen LogP contribution in [0.25, 0.3) is 11.1 Å². The molecule has 3 heterocycles. The lowest BCUT2D eigenvalue weighted by atomic mass is 9.97.